The zero-order chi connectivity index (χ0) is 10.7. The molecule has 0 aliphatic heterocycles. The van der Waals surface area contributed by atoms with Gasteiger partial charge in [-0.1, -0.05) is 6.08 Å². The topological polar surface area (TPSA) is 69.2 Å². The van der Waals surface area contributed by atoms with Crippen molar-refractivity contribution >= 4 is 28.3 Å². The van der Waals surface area contributed by atoms with Crippen molar-refractivity contribution in [1.82, 2.24) is 0 Å². The number of benzene rings is 1. The van der Waals surface area contributed by atoms with E-state index < -0.39 is 4.92 Å². The molecule has 1 aromatic rings. The molecular weight excluding hydrogens is 295 g/mol. The van der Waals surface area contributed by atoms with E-state index in [9.17, 15) is 10.1 Å². The smallest absolute Gasteiger partial charge is 0.270 e. The Morgan fingerprint density at radius 1 is 1.64 bits per heavy atom. The molecule has 4 nitrogen and oxygen atoms in total. The molecule has 0 aliphatic rings. The Morgan fingerprint density at radius 2 is 2.29 bits per heavy atom. The SMILES string of the molecule is C=CC(N)c1ccc([N+](=O)[O-])cc1I. The molecule has 2 N–H and O–H groups in total. The summed E-state index contributed by atoms with van der Waals surface area (Å²) >= 11 is 2.03. The van der Waals surface area contributed by atoms with Crippen LogP contribution in [0.25, 0.3) is 0 Å². The summed E-state index contributed by atoms with van der Waals surface area (Å²) in [6.45, 7) is 3.57. The number of hydrogen-bond acceptors (Lipinski definition) is 3. The second-order valence-electron chi connectivity index (χ2n) is 2.72. The summed E-state index contributed by atoms with van der Waals surface area (Å²) in [5.74, 6) is 0. The van der Waals surface area contributed by atoms with Gasteiger partial charge in [0.15, 0.2) is 0 Å². The van der Waals surface area contributed by atoms with Gasteiger partial charge in [0.05, 0.1) is 4.92 Å². The highest BCUT2D eigenvalue weighted by atomic mass is 127. The van der Waals surface area contributed by atoms with E-state index in [1.165, 1.54) is 12.1 Å². The Labute approximate surface area is 95.1 Å². The lowest BCUT2D eigenvalue weighted by Gasteiger charge is -2.08. The van der Waals surface area contributed by atoms with Gasteiger partial charge in [0, 0.05) is 21.7 Å². The Hall–Kier alpha value is -0.950. The molecule has 0 saturated carbocycles. The number of nitro benzene ring substituents is 1. The molecule has 0 amide bonds. The molecule has 0 heterocycles. The summed E-state index contributed by atoms with van der Waals surface area (Å²) in [7, 11) is 0. The van der Waals surface area contributed by atoms with Gasteiger partial charge in [-0.2, -0.15) is 0 Å². The van der Waals surface area contributed by atoms with Crippen molar-refractivity contribution in [2.24, 2.45) is 5.73 Å². The van der Waals surface area contributed by atoms with Crippen LogP contribution < -0.4 is 5.73 Å². The number of hydrogen-bond donors (Lipinski definition) is 1. The Balaban J connectivity index is 3.13. The maximum Gasteiger partial charge on any atom is 0.270 e. The van der Waals surface area contributed by atoms with Gasteiger partial charge in [-0.3, -0.25) is 10.1 Å². The zero-order valence-electron chi connectivity index (χ0n) is 7.31. The third-order valence-electron chi connectivity index (χ3n) is 1.81. The van der Waals surface area contributed by atoms with E-state index in [0.29, 0.717) is 0 Å². The summed E-state index contributed by atoms with van der Waals surface area (Å²) in [6, 6.07) is 4.33. The summed E-state index contributed by atoms with van der Waals surface area (Å²) in [5, 5.41) is 10.5. The molecule has 74 valence electrons. The average molecular weight is 304 g/mol. The highest BCUT2D eigenvalue weighted by Gasteiger charge is 2.11. The number of nitrogens with zero attached hydrogens (tertiary/aromatic N) is 1. The van der Waals surface area contributed by atoms with E-state index in [-0.39, 0.29) is 11.7 Å². The van der Waals surface area contributed by atoms with Crippen LogP contribution in [0.3, 0.4) is 0 Å². The third kappa shape index (κ3) is 2.30. The molecule has 1 unspecified atom stereocenters. The molecule has 0 aromatic heterocycles. The first-order chi connectivity index (χ1) is 6.56. The van der Waals surface area contributed by atoms with Crippen molar-refractivity contribution < 1.29 is 4.92 Å². The fraction of sp³-hybridized carbons (Fsp3) is 0.111. The largest absolute Gasteiger partial charge is 0.321 e. The summed E-state index contributed by atoms with van der Waals surface area (Å²) < 4.78 is 0.782. The van der Waals surface area contributed by atoms with Gasteiger partial charge in [0.1, 0.15) is 0 Å². The molecule has 1 rings (SSSR count). The van der Waals surface area contributed by atoms with E-state index in [0.717, 1.165) is 9.13 Å². The van der Waals surface area contributed by atoms with E-state index in [4.69, 9.17) is 5.73 Å². The number of rotatable bonds is 3. The van der Waals surface area contributed by atoms with Crippen molar-refractivity contribution in [3.8, 4) is 0 Å². The molecule has 0 fully saturated rings. The number of nitro groups is 1. The van der Waals surface area contributed by atoms with Crippen molar-refractivity contribution in [2.45, 2.75) is 6.04 Å². The lowest BCUT2D eigenvalue weighted by molar-refractivity contribution is -0.385. The number of non-ortho nitro benzene ring substituents is 1. The van der Waals surface area contributed by atoms with Gasteiger partial charge in [-0.25, -0.2) is 0 Å². The maximum absolute atomic E-state index is 10.5. The number of nitrogens with two attached hydrogens (primary N) is 1. The van der Waals surface area contributed by atoms with Crippen molar-refractivity contribution in [1.29, 1.82) is 0 Å². The van der Waals surface area contributed by atoms with Gasteiger partial charge >= 0.3 is 0 Å². The second kappa shape index (κ2) is 4.52. The fourth-order valence-electron chi connectivity index (χ4n) is 1.03. The second-order valence-corrected chi connectivity index (χ2v) is 3.89. The van der Waals surface area contributed by atoms with Crippen LogP contribution in [0.1, 0.15) is 11.6 Å². The van der Waals surface area contributed by atoms with Gasteiger partial charge in [-0.15, -0.1) is 6.58 Å². The Morgan fingerprint density at radius 3 is 2.71 bits per heavy atom. The first-order valence-electron chi connectivity index (χ1n) is 3.88. The zero-order valence-corrected chi connectivity index (χ0v) is 9.47. The Kier molecular flexibility index (Phi) is 3.59. The first-order valence-corrected chi connectivity index (χ1v) is 4.96. The minimum Gasteiger partial charge on any atom is -0.321 e. The predicted octanol–water partition coefficient (Wildman–Crippen LogP) is 2.39. The van der Waals surface area contributed by atoms with Gasteiger partial charge < -0.3 is 5.73 Å². The van der Waals surface area contributed by atoms with Crippen molar-refractivity contribution in [3.63, 3.8) is 0 Å². The van der Waals surface area contributed by atoms with Crippen LogP contribution in [0.15, 0.2) is 30.9 Å². The van der Waals surface area contributed by atoms with Gasteiger partial charge in [0.2, 0.25) is 0 Å². The molecule has 1 aromatic carbocycles. The van der Waals surface area contributed by atoms with E-state index >= 15 is 0 Å². The van der Waals surface area contributed by atoms with E-state index in [1.807, 2.05) is 22.6 Å². The highest BCUT2D eigenvalue weighted by molar-refractivity contribution is 14.1. The summed E-state index contributed by atoms with van der Waals surface area (Å²) in [6.07, 6.45) is 1.60. The summed E-state index contributed by atoms with van der Waals surface area (Å²) in [5.41, 5.74) is 6.66. The molecule has 0 saturated heterocycles. The van der Waals surface area contributed by atoms with E-state index in [1.54, 1.807) is 12.1 Å². The van der Waals surface area contributed by atoms with Gasteiger partial charge in [0.25, 0.3) is 5.69 Å². The fourth-order valence-corrected chi connectivity index (χ4v) is 1.89. The molecule has 14 heavy (non-hydrogen) atoms. The predicted molar refractivity (Wildman–Crippen MR) is 62.9 cm³/mol. The Bertz CT molecular complexity index is 379. The molecule has 0 aliphatic carbocycles. The minimum absolute atomic E-state index is 0.0782. The van der Waals surface area contributed by atoms with Crippen molar-refractivity contribution in [3.05, 3.63) is 50.1 Å². The van der Waals surface area contributed by atoms with Crippen LogP contribution in [-0.2, 0) is 0 Å². The summed E-state index contributed by atoms with van der Waals surface area (Å²) in [4.78, 5) is 10.0. The van der Waals surface area contributed by atoms with E-state index in [2.05, 4.69) is 6.58 Å². The molecule has 1 atom stereocenters. The van der Waals surface area contributed by atoms with Crippen LogP contribution in [0.2, 0.25) is 0 Å². The lowest BCUT2D eigenvalue weighted by atomic mass is 10.1. The standard InChI is InChI=1S/C9H9IN2O2/c1-2-9(11)7-4-3-6(12(13)14)5-8(7)10/h2-5,9H,1,11H2. The monoisotopic (exact) mass is 304 g/mol. The first kappa shape index (κ1) is 11.1. The van der Waals surface area contributed by atoms with Crippen molar-refractivity contribution in [2.75, 3.05) is 0 Å². The molecular formula is C9H9IN2O2. The van der Waals surface area contributed by atoms with Crippen LogP contribution in [-0.4, -0.2) is 4.92 Å². The molecule has 0 radical (unpaired) electrons. The van der Waals surface area contributed by atoms with Crippen LogP contribution in [0.5, 0.6) is 0 Å². The van der Waals surface area contributed by atoms with Gasteiger partial charge in [-0.05, 0) is 34.2 Å². The quantitative estimate of drug-likeness (QED) is 0.403. The minimum atomic E-state index is -0.425. The number of halogens is 1. The third-order valence-corrected chi connectivity index (χ3v) is 2.74. The van der Waals surface area contributed by atoms with Crippen LogP contribution >= 0.6 is 22.6 Å². The average Bonchev–Trinajstić information content (AvgIpc) is 2.16. The maximum atomic E-state index is 10.5. The van der Waals surface area contributed by atoms with Crippen LogP contribution in [0, 0.1) is 13.7 Å². The molecule has 0 spiro atoms. The van der Waals surface area contributed by atoms with Crippen LogP contribution in [0.4, 0.5) is 5.69 Å². The highest BCUT2D eigenvalue weighted by Crippen LogP contribution is 2.23. The molecule has 0 bridgehead atoms. The lowest BCUT2D eigenvalue weighted by Crippen LogP contribution is -2.08. The molecule has 5 heteroatoms. The normalized spacial score (nSPS) is 12.1.